The van der Waals surface area contributed by atoms with Crippen LogP contribution in [-0.4, -0.2) is 10.9 Å². The largest absolute Gasteiger partial charge is 0.416 e. The van der Waals surface area contributed by atoms with Crippen LogP contribution in [0, 0.1) is 17.0 Å². The molecule has 0 atom stereocenters. The van der Waals surface area contributed by atoms with Gasteiger partial charge in [-0.15, -0.1) is 0 Å². The van der Waals surface area contributed by atoms with Crippen LogP contribution < -0.4 is 4.74 Å². The third kappa shape index (κ3) is 3.73. The second-order valence-corrected chi connectivity index (χ2v) is 5.62. The zero-order valence-electron chi connectivity index (χ0n) is 12.1. The van der Waals surface area contributed by atoms with Gasteiger partial charge in [-0.1, -0.05) is 18.2 Å². The number of benzene rings is 2. The fourth-order valence-corrected chi connectivity index (χ4v) is 2.46. The Hall–Kier alpha value is -2.42. The molecular weight excluding hydrogens is 395 g/mol. The van der Waals surface area contributed by atoms with Crippen molar-refractivity contribution in [2.45, 2.75) is 13.1 Å². The van der Waals surface area contributed by atoms with Gasteiger partial charge in [0.15, 0.2) is 0 Å². The molecule has 2 aromatic carbocycles. The van der Waals surface area contributed by atoms with Crippen LogP contribution in [0.2, 0.25) is 0 Å². The average molecular weight is 404 g/mol. The van der Waals surface area contributed by atoms with Crippen molar-refractivity contribution >= 4 is 27.6 Å². The summed E-state index contributed by atoms with van der Waals surface area (Å²) in [6.07, 6.45) is -4.77. The van der Waals surface area contributed by atoms with E-state index in [2.05, 4.69) is 15.9 Å². The van der Waals surface area contributed by atoms with E-state index >= 15 is 0 Å². The number of esters is 1. The van der Waals surface area contributed by atoms with Crippen LogP contribution in [0.15, 0.2) is 40.9 Å². The Morgan fingerprint density at radius 2 is 1.88 bits per heavy atom. The molecular formula is C15H9BrF3NO4. The van der Waals surface area contributed by atoms with Crippen molar-refractivity contribution in [1.29, 1.82) is 0 Å². The lowest BCUT2D eigenvalue weighted by molar-refractivity contribution is -0.385. The quantitative estimate of drug-likeness (QED) is 0.316. The summed E-state index contributed by atoms with van der Waals surface area (Å²) in [6.45, 7) is 1.63. The molecule has 0 unspecified atom stereocenters. The maximum Gasteiger partial charge on any atom is 0.416 e. The van der Waals surface area contributed by atoms with Gasteiger partial charge in [-0.05, 0) is 40.5 Å². The molecule has 0 aromatic heterocycles. The van der Waals surface area contributed by atoms with E-state index in [1.54, 1.807) is 25.1 Å². The fourth-order valence-electron chi connectivity index (χ4n) is 1.93. The molecule has 24 heavy (non-hydrogen) atoms. The lowest BCUT2D eigenvalue weighted by Gasteiger charge is -2.12. The Labute approximate surface area is 142 Å². The number of carbonyl (C=O) groups is 1. The molecule has 5 nitrogen and oxygen atoms in total. The highest BCUT2D eigenvalue weighted by Gasteiger charge is 2.35. The summed E-state index contributed by atoms with van der Waals surface area (Å²) >= 11 is 2.80. The maximum atomic E-state index is 12.8. The Morgan fingerprint density at radius 1 is 1.25 bits per heavy atom. The minimum absolute atomic E-state index is 0.151. The second-order valence-electron chi connectivity index (χ2n) is 4.77. The third-order valence-corrected chi connectivity index (χ3v) is 3.70. The van der Waals surface area contributed by atoms with Crippen LogP contribution in [0.4, 0.5) is 18.9 Å². The van der Waals surface area contributed by atoms with Crippen LogP contribution >= 0.6 is 15.9 Å². The van der Waals surface area contributed by atoms with Crippen molar-refractivity contribution in [3.63, 3.8) is 0 Å². The number of alkyl halides is 3. The molecule has 0 spiro atoms. The third-order valence-electron chi connectivity index (χ3n) is 3.11. The molecule has 0 aliphatic heterocycles. The molecule has 0 fully saturated rings. The number of hydrogen-bond acceptors (Lipinski definition) is 4. The van der Waals surface area contributed by atoms with Crippen molar-refractivity contribution in [2.24, 2.45) is 0 Å². The fraction of sp³-hybridized carbons (Fsp3) is 0.133. The van der Waals surface area contributed by atoms with E-state index in [0.717, 1.165) is 0 Å². The van der Waals surface area contributed by atoms with Gasteiger partial charge in [0.1, 0.15) is 0 Å². The van der Waals surface area contributed by atoms with Gasteiger partial charge in [-0.25, -0.2) is 4.79 Å². The standard InChI is InChI=1S/C15H9BrF3NO4/c1-8-4-2-3-5-10(8)14(21)24-13-11(16)6-9(15(17,18)19)7-12(13)20(22)23/h2-7H,1H3. The van der Waals surface area contributed by atoms with Gasteiger partial charge in [0.25, 0.3) is 0 Å². The van der Waals surface area contributed by atoms with Crippen molar-refractivity contribution < 1.29 is 27.6 Å². The van der Waals surface area contributed by atoms with E-state index in [-0.39, 0.29) is 10.0 Å². The highest BCUT2D eigenvalue weighted by atomic mass is 79.9. The number of aryl methyl sites for hydroxylation is 1. The van der Waals surface area contributed by atoms with Gasteiger partial charge in [0.2, 0.25) is 5.75 Å². The Kier molecular flexibility index (Phi) is 4.93. The van der Waals surface area contributed by atoms with E-state index in [1.807, 2.05) is 0 Å². The molecule has 0 heterocycles. The zero-order valence-corrected chi connectivity index (χ0v) is 13.6. The normalized spacial score (nSPS) is 11.2. The zero-order chi connectivity index (χ0) is 18.1. The first-order valence-electron chi connectivity index (χ1n) is 6.44. The van der Waals surface area contributed by atoms with Crippen molar-refractivity contribution in [2.75, 3.05) is 0 Å². The molecule has 0 saturated carbocycles. The summed E-state index contributed by atoms with van der Waals surface area (Å²) in [5.41, 5.74) is -1.47. The first kappa shape index (κ1) is 17.9. The number of nitro benzene ring substituents is 1. The number of ether oxygens (including phenoxy) is 1. The molecule has 0 amide bonds. The number of nitro groups is 1. The monoisotopic (exact) mass is 403 g/mol. The SMILES string of the molecule is Cc1ccccc1C(=O)Oc1c(Br)cc(C(F)(F)F)cc1[N+](=O)[O-]. The Morgan fingerprint density at radius 3 is 2.42 bits per heavy atom. The van der Waals surface area contributed by atoms with Crippen molar-refractivity contribution in [3.8, 4) is 5.75 Å². The molecule has 0 bridgehead atoms. The molecule has 0 aliphatic rings. The van der Waals surface area contributed by atoms with Crippen LogP contribution in [0.5, 0.6) is 5.75 Å². The summed E-state index contributed by atoms with van der Waals surface area (Å²) in [4.78, 5) is 22.2. The predicted molar refractivity (Wildman–Crippen MR) is 81.9 cm³/mol. The molecule has 126 valence electrons. The highest BCUT2D eigenvalue weighted by molar-refractivity contribution is 9.10. The topological polar surface area (TPSA) is 69.4 Å². The minimum atomic E-state index is -4.77. The van der Waals surface area contributed by atoms with E-state index in [4.69, 9.17) is 4.74 Å². The number of hydrogen-bond donors (Lipinski definition) is 0. The van der Waals surface area contributed by atoms with Crippen LogP contribution in [0.3, 0.4) is 0 Å². The molecule has 2 aromatic rings. The number of carbonyl (C=O) groups excluding carboxylic acids is 1. The first-order valence-corrected chi connectivity index (χ1v) is 7.23. The lowest BCUT2D eigenvalue weighted by atomic mass is 10.1. The highest BCUT2D eigenvalue weighted by Crippen LogP contribution is 2.41. The molecule has 0 radical (unpaired) electrons. The molecule has 2 rings (SSSR count). The van der Waals surface area contributed by atoms with Gasteiger partial charge in [0.05, 0.1) is 20.5 Å². The first-order chi connectivity index (χ1) is 11.1. The van der Waals surface area contributed by atoms with E-state index in [0.29, 0.717) is 17.7 Å². The second kappa shape index (κ2) is 6.60. The van der Waals surface area contributed by atoms with Crippen molar-refractivity contribution in [3.05, 3.63) is 67.7 Å². The summed E-state index contributed by atoms with van der Waals surface area (Å²) in [7, 11) is 0. The molecule has 0 N–H and O–H groups in total. The number of nitrogens with zero attached hydrogens (tertiary/aromatic N) is 1. The van der Waals surface area contributed by atoms with Gasteiger partial charge in [0, 0.05) is 6.07 Å². The number of halogens is 4. The van der Waals surface area contributed by atoms with Crippen LogP contribution in [0.1, 0.15) is 21.5 Å². The molecule has 0 aliphatic carbocycles. The Balaban J connectivity index is 2.49. The predicted octanol–water partition coefficient (Wildman–Crippen LogP) is 4.90. The van der Waals surface area contributed by atoms with Gasteiger partial charge >= 0.3 is 17.8 Å². The maximum absolute atomic E-state index is 12.8. The van der Waals surface area contributed by atoms with Gasteiger partial charge < -0.3 is 4.74 Å². The van der Waals surface area contributed by atoms with Gasteiger partial charge in [-0.3, -0.25) is 10.1 Å². The molecule has 0 saturated heterocycles. The number of rotatable bonds is 3. The van der Waals surface area contributed by atoms with E-state index in [1.165, 1.54) is 6.07 Å². The summed E-state index contributed by atoms with van der Waals surface area (Å²) in [6, 6.07) is 7.27. The van der Waals surface area contributed by atoms with E-state index in [9.17, 15) is 28.1 Å². The average Bonchev–Trinajstić information content (AvgIpc) is 2.48. The smallest absolute Gasteiger partial charge is 0.414 e. The van der Waals surface area contributed by atoms with Crippen LogP contribution in [0.25, 0.3) is 0 Å². The lowest BCUT2D eigenvalue weighted by Crippen LogP contribution is -2.13. The summed E-state index contributed by atoms with van der Waals surface area (Å²) < 4.78 is 43.0. The molecule has 9 heteroatoms. The van der Waals surface area contributed by atoms with E-state index < -0.39 is 34.1 Å². The Bertz CT molecular complexity index is 821. The minimum Gasteiger partial charge on any atom is -0.414 e. The van der Waals surface area contributed by atoms with Crippen molar-refractivity contribution in [1.82, 2.24) is 0 Å². The summed E-state index contributed by atoms with van der Waals surface area (Å²) in [5, 5.41) is 11.1. The van der Waals surface area contributed by atoms with Gasteiger partial charge in [-0.2, -0.15) is 13.2 Å². The summed E-state index contributed by atoms with van der Waals surface area (Å²) in [5.74, 6) is -1.49. The van der Waals surface area contributed by atoms with Crippen LogP contribution in [-0.2, 0) is 6.18 Å².